The Labute approximate surface area is 464 Å². The van der Waals surface area contributed by atoms with Crippen molar-refractivity contribution in [3.8, 4) is 123 Å². The van der Waals surface area contributed by atoms with Gasteiger partial charge in [0, 0.05) is 67.7 Å². The molecule has 4 heterocycles. The molecule has 0 N–H and O–H groups in total. The Kier molecular flexibility index (Phi) is 12.5. The van der Waals surface area contributed by atoms with Gasteiger partial charge in [-0.3, -0.25) is 9.97 Å². The molecule has 0 atom stereocenters. The van der Waals surface area contributed by atoms with Crippen LogP contribution < -0.4 is 0 Å². The highest BCUT2D eigenvalue weighted by atomic mass is 14.9. The quantitative estimate of drug-likeness (QED) is 0.128. The molecule has 374 valence electrons. The van der Waals surface area contributed by atoms with Crippen LogP contribution in [0, 0.1) is 0 Å². The molecule has 0 unspecified atom stereocenters. The maximum atomic E-state index is 5.22. The molecule has 14 aromatic rings. The van der Waals surface area contributed by atoms with Crippen LogP contribution in [0.2, 0.25) is 0 Å². The second-order valence-corrected chi connectivity index (χ2v) is 20.0. The van der Waals surface area contributed by atoms with E-state index in [0.717, 1.165) is 122 Å². The van der Waals surface area contributed by atoms with Crippen LogP contribution in [0.25, 0.3) is 145 Å². The minimum Gasteiger partial charge on any atom is -0.256 e. The molecule has 6 heteroatoms. The van der Waals surface area contributed by atoms with Gasteiger partial charge in [0.15, 0.2) is 11.6 Å². The van der Waals surface area contributed by atoms with Crippen molar-refractivity contribution >= 4 is 21.8 Å². The summed E-state index contributed by atoms with van der Waals surface area (Å²) in [5.74, 6) is 1.30. The van der Waals surface area contributed by atoms with E-state index in [4.69, 9.17) is 29.9 Å². The lowest BCUT2D eigenvalue weighted by atomic mass is 9.99. The van der Waals surface area contributed by atoms with Gasteiger partial charge in [0.25, 0.3) is 0 Å². The summed E-state index contributed by atoms with van der Waals surface area (Å²) in [6.07, 6.45) is 3.88. The van der Waals surface area contributed by atoms with Crippen molar-refractivity contribution < 1.29 is 0 Å². The van der Waals surface area contributed by atoms with Crippen molar-refractivity contribution in [1.29, 1.82) is 0 Å². The Morgan fingerprint density at radius 2 is 0.412 bits per heavy atom. The van der Waals surface area contributed by atoms with Gasteiger partial charge in [-0.2, -0.15) is 0 Å². The highest BCUT2D eigenvalue weighted by molar-refractivity contribution is 5.86. The van der Waals surface area contributed by atoms with Crippen LogP contribution in [0.1, 0.15) is 0 Å². The van der Waals surface area contributed by atoms with Gasteiger partial charge in [0.2, 0.25) is 0 Å². The molecule has 0 saturated heterocycles. The molecular formula is C74H48N6. The number of rotatable bonds is 11. The lowest BCUT2D eigenvalue weighted by molar-refractivity contribution is 1.18. The Hall–Kier alpha value is -10.8. The molecule has 0 aliphatic rings. The number of hydrogen-bond donors (Lipinski definition) is 0. The summed E-state index contributed by atoms with van der Waals surface area (Å²) in [5.41, 5.74) is 22.3. The van der Waals surface area contributed by atoms with Gasteiger partial charge in [0.1, 0.15) is 0 Å². The Bertz CT molecular complexity index is 4210. The van der Waals surface area contributed by atoms with Crippen molar-refractivity contribution in [1.82, 2.24) is 29.9 Å². The highest BCUT2D eigenvalue weighted by Crippen LogP contribution is 2.35. The first-order chi connectivity index (χ1) is 39.6. The van der Waals surface area contributed by atoms with Gasteiger partial charge in [-0.05, 0) is 80.9 Å². The van der Waals surface area contributed by atoms with E-state index in [1.807, 2.05) is 60.9 Å². The van der Waals surface area contributed by atoms with E-state index in [2.05, 4.69) is 231 Å². The largest absolute Gasteiger partial charge is 0.256 e. The lowest BCUT2D eigenvalue weighted by Gasteiger charge is -2.12. The zero-order valence-electron chi connectivity index (χ0n) is 43.4. The van der Waals surface area contributed by atoms with E-state index in [-0.39, 0.29) is 0 Å². The molecule has 0 radical (unpaired) electrons. The first-order valence-electron chi connectivity index (χ1n) is 26.8. The summed E-state index contributed by atoms with van der Waals surface area (Å²) in [5, 5.41) is 2.23. The zero-order valence-corrected chi connectivity index (χ0v) is 43.4. The van der Waals surface area contributed by atoms with E-state index in [1.165, 1.54) is 11.1 Å². The molecule has 10 aromatic carbocycles. The molecule has 80 heavy (non-hydrogen) atoms. The molecule has 0 aliphatic carbocycles. The van der Waals surface area contributed by atoms with Gasteiger partial charge >= 0.3 is 0 Å². The molecular weight excluding hydrogens is 973 g/mol. The van der Waals surface area contributed by atoms with Gasteiger partial charge in [0.05, 0.1) is 33.8 Å². The summed E-state index contributed by atoms with van der Waals surface area (Å²) in [6, 6.07) is 97.3. The maximum absolute atomic E-state index is 5.22. The maximum Gasteiger partial charge on any atom is 0.160 e. The van der Waals surface area contributed by atoms with Crippen molar-refractivity contribution in [2.24, 2.45) is 0 Å². The number of fused-ring (bicyclic) bond motifs is 2. The molecule has 0 spiro atoms. The summed E-state index contributed by atoms with van der Waals surface area (Å²) in [7, 11) is 0. The molecule has 4 aromatic heterocycles. The van der Waals surface area contributed by atoms with Gasteiger partial charge in [-0.25, -0.2) is 19.9 Å². The highest BCUT2D eigenvalue weighted by Gasteiger charge is 2.15. The third-order valence-electron chi connectivity index (χ3n) is 14.9. The number of pyridine rings is 2. The lowest BCUT2D eigenvalue weighted by Crippen LogP contribution is -1.96. The van der Waals surface area contributed by atoms with E-state index in [0.29, 0.717) is 11.6 Å². The molecule has 0 fully saturated rings. The number of nitrogens with zero attached hydrogens (tertiary/aromatic N) is 6. The first kappa shape index (κ1) is 47.6. The summed E-state index contributed by atoms with van der Waals surface area (Å²) < 4.78 is 0. The second kappa shape index (κ2) is 21.0. The van der Waals surface area contributed by atoms with Crippen LogP contribution in [-0.4, -0.2) is 29.9 Å². The van der Waals surface area contributed by atoms with Gasteiger partial charge in [-0.15, -0.1) is 0 Å². The minimum atomic E-state index is 0.650. The summed E-state index contributed by atoms with van der Waals surface area (Å²) in [6.45, 7) is 0. The predicted molar refractivity (Wildman–Crippen MR) is 328 cm³/mol. The molecule has 0 saturated carbocycles. The van der Waals surface area contributed by atoms with E-state index in [1.54, 1.807) is 0 Å². The van der Waals surface area contributed by atoms with Crippen LogP contribution in [0.3, 0.4) is 0 Å². The zero-order chi connectivity index (χ0) is 53.2. The van der Waals surface area contributed by atoms with E-state index >= 15 is 0 Å². The molecule has 6 nitrogen and oxygen atoms in total. The van der Waals surface area contributed by atoms with Crippen molar-refractivity contribution in [3.63, 3.8) is 0 Å². The summed E-state index contributed by atoms with van der Waals surface area (Å²) in [4.78, 5) is 30.3. The average Bonchev–Trinajstić information content (AvgIpc) is 3.59. The third-order valence-corrected chi connectivity index (χ3v) is 14.9. The van der Waals surface area contributed by atoms with Crippen LogP contribution in [0.4, 0.5) is 0 Å². The van der Waals surface area contributed by atoms with Gasteiger partial charge in [-0.1, -0.05) is 243 Å². The predicted octanol–water partition coefficient (Wildman–Crippen LogP) is 18.7. The Morgan fingerprint density at radius 3 is 0.725 bits per heavy atom. The summed E-state index contributed by atoms with van der Waals surface area (Å²) >= 11 is 0. The normalized spacial score (nSPS) is 11.2. The van der Waals surface area contributed by atoms with E-state index < -0.39 is 0 Å². The Balaban J connectivity index is 0.772. The third kappa shape index (κ3) is 9.81. The minimum absolute atomic E-state index is 0.650. The molecule has 0 aliphatic heterocycles. The number of para-hydroxylation sites is 2. The number of hydrogen-bond acceptors (Lipinski definition) is 6. The van der Waals surface area contributed by atoms with Crippen molar-refractivity contribution in [2.75, 3.05) is 0 Å². The van der Waals surface area contributed by atoms with Crippen LogP contribution >= 0.6 is 0 Å². The van der Waals surface area contributed by atoms with Crippen molar-refractivity contribution in [2.45, 2.75) is 0 Å². The monoisotopic (exact) mass is 1020 g/mol. The Morgan fingerprint density at radius 1 is 0.175 bits per heavy atom. The van der Waals surface area contributed by atoms with Crippen molar-refractivity contribution in [3.05, 3.63) is 291 Å². The smallest absolute Gasteiger partial charge is 0.160 e. The van der Waals surface area contributed by atoms with Crippen LogP contribution in [0.5, 0.6) is 0 Å². The fourth-order valence-corrected chi connectivity index (χ4v) is 10.4. The SMILES string of the molecule is c1ccc(-c2ccc(-c3cc(-c4ccc(-c5cnc6ccccc6c5)cc4)nc(-c4ccc(-c5ccc(-c6nc(-c7ccc(-c8ccccc8)cc7)cc(-c7ccc(-c8cnc9ccccc9c8)cc7)n6)cc5)cc4)n3)cc2)cc1. The van der Waals surface area contributed by atoms with E-state index in [9.17, 15) is 0 Å². The second-order valence-electron chi connectivity index (χ2n) is 20.0. The molecule has 14 rings (SSSR count). The first-order valence-corrected chi connectivity index (χ1v) is 26.8. The fourth-order valence-electron chi connectivity index (χ4n) is 10.4. The van der Waals surface area contributed by atoms with Gasteiger partial charge < -0.3 is 0 Å². The fraction of sp³-hybridized carbons (Fsp3) is 0. The average molecular weight is 1020 g/mol. The molecule has 0 bridgehead atoms. The number of benzene rings is 10. The van der Waals surface area contributed by atoms with Crippen LogP contribution in [0.15, 0.2) is 291 Å². The number of aromatic nitrogens is 6. The van der Waals surface area contributed by atoms with Crippen LogP contribution in [-0.2, 0) is 0 Å². The molecule has 0 amide bonds. The topological polar surface area (TPSA) is 77.3 Å². The standard InChI is InChI=1S/C74H48N6/c1-3-11-49(12-4-1)51-19-31-57(32-20-51)69-45-71(59-35-23-55(24-36-59)65-43-63-15-7-9-17-67(63)75-47-65)79-73(77-69)61-39-27-53(28-40-61)54-29-41-62(42-30-54)74-78-70(58-33-21-52(22-34-58)50-13-5-2-6-14-50)46-72(80-74)60-37-25-56(26-38-60)66-44-64-16-8-10-18-68(64)76-48-66/h1-48H.